The number of carbonyl (C=O) groups excluding carboxylic acids is 6. The van der Waals surface area contributed by atoms with Crippen LogP contribution in [0, 0.1) is 20.8 Å². The summed E-state index contributed by atoms with van der Waals surface area (Å²) in [5.74, 6) is 2.02. The van der Waals surface area contributed by atoms with Crippen molar-refractivity contribution < 1.29 is 111 Å². The molecule has 138 heavy (non-hydrogen) atoms. The van der Waals surface area contributed by atoms with Gasteiger partial charge in [0.15, 0.2) is 5.75 Å². The van der Waals surface area contributed by atoms with Crippen molar-refractivity contribution in [2.24, 2.45) is 0 Å². The van der Waals surface area contributed by atoms with Gasteiger partial charge in [0.05, 0.1) is 131 Å². The van der Waals surface area contributed by atoms with Crippen LogP contribution in [0.3, 0.4) is 0 Å². The van der Waals surface area contributed by atoms with Crippen LogP contribution in [0.2, 0.25) is 25.1 Å². The zero-order chi connectivity index (χ0) is 97.9. The molecule has 0 atom stereocenters. The van der Waals surface area contributed by atoms with E-state index in [1.165, 1.54) is 11.0 Å². The van der Waals surface area contributed by atoms with Gasteiger partial charge in [-0.2, -0.15) is 0 Å². The second kappa shape index (κ2) is 50.7. The van der Waals surface area contributed by atoms with Crippen molar-refractivity contribution in [1.29, 1.82) is 0 Å². The van der Waals surface area contributed by atoms with E-state index in [-0.39, 0.29) is 117 Å². The van der Waals surface area contributed by atoms with E-state index in [0.717, 1.165) is 119 Å². The van der Waals surface area contributed by atoms with Gasteiger partial charge in [-0.3, -0.25) is 28.8 Å². The molecule has 18 rings (SSSR count). The fourth-order valence-electron chi connectivity index (χ4n) is 15.8. The van der Waals surface area contributed by atoms with Gasteiger partial charge in [-0.25, -0.2) is 14.8 Å². The second-order valence-electron chi connectivity index (χ2n) is 33.5. The first kappa shape index (κ1) is 109. The fraction of sp³-hybridized carbons (Fsp3) is 0.337. The molecular formula is C104H112Cl5IN9NaO18. The number of aromatic amines is 1. The van der Waals surface area contributed by atoms with Crippen molar-refractivity contribution in [2.45, 2.75) is 184 Å². The molecule has 11 heterocycles. The molecule has 0 unspecified atom stereocenters. The van der Waals surface area contributed by atoms with Gasteiger partial charge in [0.1, 0.15) is 53.0 Å². The number of nitrogens with one attached hydrogen (secondary N) is 4. The predicted molar refractivity (Wildman–Crippen MR) is 541 cm³/mol. The van der Waals surface area contributed by atoms with Crippen molar-refractivity contribution in [2.75, 3.05) is 45.8 Å². The Labute approximate surface area is 862 Å². The Kier molecular flexibility index (Phi) is 40.0. The zero-order valence-corrected chi connectivity index (χ0v) is 87.7. The molecule has 13 aromatic rings. The van der Waals surface area contributed by atoms with Crippen LogP contribution >= 0.6 is 80.6 Å². The Morgan fingerprint density at radius 3 is 1.22 bits per heavy atom. The molecule has 0 bridgehead atoms. The maximum Gasteiger partial charge on any atom is 1.00 e. The largest absolute Gasteiger partial charge is 1.00 e. The second-order valence-corrected chi connectivity index (χ2v) is 37.9. The number of furan rings is 3. The molecule has 0 fully saturated rings. The van der Waals surface area contributed by atoms with E-state index in [1.54, 1.807) is 52.9 Å². The number of halogens is 6. The summed E-state index contributed by atoms with van der Waals surface area (Å²) in [6.07, 6.45) is 8.89. The number of phenols is 1. The van der Waals surface area contributed by atoms with Gasteiger partial charge in [-0.15, -0.1) is 0 Å². The molecule has 0 radical (unpaired) electrons. The van der Waals surface area contributed by atoms with Crippen LogP contribution in [-0.4, -0.2) is 144 Å². The normalized spacial score (nSPS) is 13.1. The third-order valence-electron chi connectivity index (χ3n) is 22.4. The van der Waals surface area contributed by atoms with Crippen LogP contribution in [0.15, 0.2) is 176 Å². The molecule has 0 saturated carbocycles. The number of hydrogen-bond acceptors (Lipinski definition) is 20. The number of fused-ring (bicyclic) bond motifs is 8. The number of ether oxygens (including phenoxy) is 6. The molecule has 5 aliphatic heterocycles. The van der Waals surface area contributed by atoms with Crippen LogP contribution in [0.1, 0.15) is 201 Å². The van der Waals surface area contributed by atoms with E-state index in [1.807, 2.05) is 185 Å². The Morgan fingerprint density at radius 2 is 0.812 bits per heavy atom. The molecule has 0 spiro atoms. The van der Waals surface area contributed by atoms with Crippen molar-refractivity contribution in [1.82, 2.24) is 45.6 Å². The summed E-state index contributed by atoms with van der Waals surface area (Å²) >= 11 is 33.7. The molecular weight excluding hydrogens is 1990 g/mol. The van der Waals surface area contributed by atoms with Gasteiger partial charge in [0.2, 0.25) is 11.8 Å². The van der Waals surface area contributed by atoms with E-state index in [2.05, 4.69) is 69.3 Å². The Morgan fingerprint density at radius 1 is 0.464 bits per heavy atom. The molecule has 6 N–H and O–H groups in total. The van der Waals surface area contributed by atoms with E-state index in [9.17, 15) is 38.7 Å². The van der Waals surface area contributed by atoms with Gasteiger partial charge in [-0.1, -0.05) is 192 Å². The first-order valence-corrected chi connectivity index (χ1v) is 48.3. The van der Waals surface area contributed by atoms with Crippen molar-refractivity contribution in [3.05, 3.63) is 294 Å². The number of hydrogen-bond donors (Lipinski definition) is 5. The Bertz CT molecular complexity index is 6560. The van der Waals surface area contributed by atoms with Gasteiger partial charge in [-0.05, 0) is 202 Å². The molecule has 6 aromatic heterocycles. The number of carbonyl (C=O) groups is 6. The van der Waals surface area contributed by atoms with Crippen molar-refractivity contribution in [3.63, 3.8) is 0 Å². The number of H-pyrrole nitrogens is 1. The summed E-state index contributed by atoms with van der Waals surface area (Å²) in [6.45, 7) is 32.8. The zero-order valence-electron chi connectivity index (χ0n) is 79.8. The minimum atomic E-state index is -0.465. The number of phenolic OH excluding ortho intramolecular Hbond substituents is 1. The molecule has 27 nitrogen and oxygen atoms in total. The first-order chi connectivity index (χ1) is 65.2. The van der Waals surface area contributed by atoms with Gasteiger partial charge in [0, 0.05) is 71.6 Å². The van der Waals surface area contributed by atoms with Crippen LogP contribution in [0.25, 0.3) is 32.9 Å². The minimum absolute atomic E-state index is 0. The van der Waals surface area contributed by atoms with Crippen LogP contribution in [0.5, 0.6) is 40.5 Å². The average Bonchev–Trinajstić information content (AvgIpc) is 1.37. The van der Waals surface area contributed by atoms with E-state index < -0.39 is 6.09 Å². The smallest absolute Gasteiger partial charge is 0.870 e. The molecule has 6 amide bonds. The summed E-state index contributed by atoms with van der Waals surface area (Å²) in [5, 5.41) is 21.7. The van der Waals surface area contributed by atoms with Gasteiger partial charge >= 0.3 is 35.7 Å². The molecule has 7 aromatic carbocycles. The van der Waals surface area contributed by atoms with Crippen LogP contribution in [0.4, 0.5) is 4.79 Å². The van der Waals surface area contributed by atoms with E-state index in [0.29, 0.717) is 167 Å². The van der Waals surface area contributed by atoms with E-state index >= 15 is 0 Å². The third kappa shape index (κ3) is 26.7. The molecule has 0 aliphatic carbocycles. The fourth-order valence-corrected chi connectivity index (χ4v) is 17.4. The first-order valence-electron chi connectivity index (χ1n) is 45.1. The molecule has 724 valence electrons. The summed E-state index contributed by atoms with van der Waals surface area (Å²) in [4.78, 5) is 103. The predicted octanol–water partition coefficient (Wildman–Crippen LogP) is 19.6. The number of benzene rings is 7. The maximum atomic E-state index is 13.6. The number of amides is 6. The summed E-state index contributed by atoms with van der Waals surface area (Å²) in [6, 6.07) is 43.6. The Hall–Kier alpha value is -11.0. The summed E-state index contributed by atoms with van der Waals surface area (Å²) in [5.41, 5.74) is 15.6. The molecule has 5 aliphatic rings. The van der Waals surface area contributed by atoms with Gasteiger partial charge < -0.3 is 87.9 Å². The van der Waals surface area contributed by atoms with Crippen LogP contribution in [-0.2, 0) is 64.8 Å². The number of pyridine rings is 3. The number of rotatable bonds is 20. The number of aromatic nitrogens is 3. The topological polar surface area (TPSA) is 352 Å². The van der Waals surface area contributed by atoms with Crippen molar-refractivity contribution in [3.8, 4) is 40.5 Å². The summed E-state index contributed by atoms with van der Waals surface area (Å²) < 4.78 is 52.2. The van der Waals surface area contributed by atoms with Crippen LogP contribution < -0.4 is 79.5 Å². The van der Waals surface area contributed by atoms with Gasteiger partial charge in [0.25, 0.3) is 35.1 Å². The molecule has 34 heteroatoms. The number of aromatic hydroxyl groups is 1. The minimum Gasteiger partial charge on any atom is -0.870 e. The number of nitrogens with zero attached hydrogens (tertiary/aromatic N) is 5. The SMILES string of the molecule is CC(C)I.CC(C)Oc1ccc2c(c1Cl)C(=O)NCC2.CCN(CC)C(=O)Oc1ccc2c(c1Cl)C(=O)NCC2.CCc1c(OCc2ccccc2)nc(C)c2ccoc12.Cc1[nH]c(=O)c(CN2CCc3ccc(OC(C)C)c(Cl)c3C2=O)c2occc12.Cc1nc(OCc2ccccc2)c(CN2CCc3ccc(OC(C)C)c(Cl)c3C2=O)c2occc12.O=C1NCCc2ccc(O)c(Cl)c21.[Na+].[OH-]. The monoisotopic (exact) mass is 2100 g/mol. The summed E-state index contributed by atoms with van der Waals surface area (Å²) in [7, 11) is 0. The number of aryl methyl sites for hydroxylation is 4. The third-order valence-corrected chi connectivity index (χ3v) is 24.3. The maximum absolute atomic E-state index is 13.6. The average molecular weight is 2100 g/mol. The Balaban J connectivity index is 0.000000174. The van der Waals surface area contributed by atoms with Crippen molar-refractivity contribution >= 4 is 149 Å². The number of alkyl halides is 1. The molecule has 0 saturated heterocycles. The van der Waals surface area contributed by atoms with E-state index in [4.69, 9.17) is 105 Å². The standard InChI is InChI=1S/C28H27ClN2O4.C21H21ClN2O4.C17H17NO2.C14H17ClN2O3.C12H14ClNO2.C9H8ClNO2.C3H7I.Na.H2O/c1-17(2)35-23-10-9-20-11-13-31(28(32)24(20)25(23)29)15-22-26-21(12-14-33-26)18(3)30-27(22)34-16-19-7-5-4-6-8-19;1-11(2)28-16-5-4-13-6-8-24(21(26)17(13)18(16)22)10-15-19-14(7-9-27-19)12(3)23-20(15)25;1-3-14-16-15(9-10-19-16)12(2)18-17(14)20-11-13-7-5-4-6-8-13;1-3-17(4-2)14(19)20-10-6-5-9-7-8-16-13(18)11(9)12(10)15;1-7(2)16-9-4-3-8-5-6-14-12(15)10(8)11(9)13;10-8-6(12)2-1-5-3-4-11-9(13)7(5)8;1-3(2)4;;/h4-10,12,14,17H,11,13,15-16H2,1-3H3;4-5,7,9,11H,6,8,10H2,1-3H3,(H,23,25);4-10H,3,11H2,1-2H3;5-6H,3-4,7-8H2,1-2H3,(H,16,18);3-4,7H,5-6H2,1-2H3,(H,14,15);1-2,12H,3-4H2,(H,11,13);3H,1-2H3;;1H2/q;;;;;;;+1;/p-1. The quantitative estimate of drug-likeness (QED) is 0.0269.